The van der Waals surface area contributed by atoms with E-state index in [-0.39, 0.29) is 0 Å². The molecule has 1 aliphatic carbocycles. The molecule has 0 amide bonds. The molecule has 1 fully saturated rings. The fraction of sp³-hybridized carbons (Fsp3) is 1.00. The molecule has 18 heavy (non-hydrogen) atoms. The summed E-state index contributed by atoms with van der Waals surface area (Å²) in [5, 5.41) is 3.69. The van der Waals surface area contributed by atoms with Gasteiger partial charge in [0.2, 0.25) is 0 Å². The first-order valence-electron chi connectivity index (χ1n) is 7.78. The van der Waals surface area contributed by atoms with Gasteiger partial charge in [-0.1, -0.05) is 27.2 Å². The Balaban J connectivity index is 2.29. The Labute approximate surface area is 114 Å². The van der Waals surface area contributed by atoms with Crippen LogP contribution in [0.1, 0.15) is 66.7 Å². The van der Waals surface area contributed by atoms with Gasteiger partial charge in [0.05, 0.1) is 6.10 Å². The van der Waals surface area contributed by atoms with Gasteiger partial charge in [0.15, 0.2) is 0 Å². The second kappa shape index (κ2) is 7.49. The Hall–Kier alpha value is -0.0800. The number of hydrogen-bond acceptors (Lipinski definition) is 2. The summed E-state index contributed by atoms with van der Waals surface area (Å²) in [6.07, 6.45) is 7.18. The zero-order valence-corrected chi connectivity index (χ0v) is 13.1. The van der Waals surface area contributed by atoms with Crippen LogP contribution in [0.4, 0.5) is 0 Å². The molecule has 0 bridgehead atoms. The Bertz CT molecular complexity index is 222. The predicted octanol–water partition coefficient (Wildman–Crippen LogP) is 4.00. The normalized spacial score (nSPS) is 27.8. The third-order valence-electron chi connectivity index (χ3n) is 4.34. The lowest BCUT2D eigenvalue weighted by Crippen LogP contribution is -2.35. The first kappa shape index (κ1) is 16.0. The molecular weight excluding hydrogens is 222 g/mol. The molecule has 2 heteroatoms. The zero-order chi connectivity index (χ0) is 13.6. The van der Waals surface area contributed by atoms with Crippen LogP contribution in [0.15, 0.2) is 0 Å². The van der Waals surface area contributed by atoms with Gasteiger partial charge in [-0.3, -0.25) is 0 Å². The summed E-state index contributed by atoms with van der Waals surface area (Å²) >= 11 is 0. The van der Waals surface area contributed by atoms with Crippen LogP contribution in [0.3, 0.4) is 0 Å². The van der Waals surface area contributed by atoms with Gasteiger partial charge in [0.1, 0.15) is 0 Å². The molecule has 0 aromatic rings. The Morgan fingerprint density at radius 3 is 2.50 bits per heavy atom. The number of ether oxygens (including phenoxy) is 1. The highest BCUT2D eigenvalue weighted by Crippen LogP contribution is 2.36. The second-order valence-electron chi connectivity index (χ2n) is 6.94. The summed E-state index contributed by atoms with van der Waals surface area (Å²) < 4.78 is 5.58. The maximum Gasteiger partial charge on any atom is 0.0671 e. The van der Waals surface area contributed by atoms with Crippen LogP contribution in [-0.4, -0.2) is 25.3 Å². The quantitative estimate of drug-likeness (QED) is 0.750. The van der Waals surface area contributed by atoms with E-state index in [0.29, 0.717) is 17.6 Å². The highest BCUT2D eigenvalue weighted by molar-refractivity contribution is 4.81. The van der Waals surface area contributed by atoms with Gasteiger partial charge in [-0.2, -0.15) is 0 Å². The maximum absolute atomic E-state index is 5.58. The molecule has 1 aliphatic rings. The molecule has 0 spiro atoms. The largest absolute Gasteiger partial charge is 0.377 e. The SMILES string of the molecule is CCOC(C)CNC1CCCC(C(C)(C)C)CC1. The Morgan fingerprint density at radius 1 is 1.17 bits per heavy atom. The van der Waals surface area contributed by atoms with Crippen LogP contribution in [0.5, 0.6) is 0 Å². The van der Waals surface area contributed by atoms with E-state index in [2.05, 4.69) is 39.9 Å². The van der Waals surface area contributed by atoms with Crippen molar-refractivity contribution in [2.75, 3.05) is 13.2 Å². The molecule has 3 unspecified atom stereocenters. The fourth-order valence-electron chi connectivity index (χ4n) is 3.05. The lowest BCUT2D eigenvalue weighted by Gasteiger charge is -2.29. The topological polar surface area (TPSA) is 21.3 Å². The van der Waals surface area contributed by atoms with Crippen molar-refractivity contribution in [1.82, 2.24) is 5.32 Å². The summed E-state index contributed by atoms with van der Waals surface area (Å²) in [6.45, 7) is 13.2. The van der Waals surface area contributed by atoms with Crippen LogP contribution < -0.4 is 5.32 Å². The summed E-state index contributed by atoms with van der Waals surface area (Å²) in [4.78, 5) is 0. The van der Waals surface area contributed by atoms with Crippen molar-refractivity contribution in [3.05, 3.63) is 0 Å². The zero-order valence-electron chi connectivity index (χ0n) is 13.1. The van der Waals surface area contributed by atoms with Crippen LogP contribution >= 0.6 is 0 Å². The van der Waals surface area contributed by atoms with E-state index in [0.717, 1.165) is 19.1 Å². The molecule has 0 heterocycles. The van der Waals surface area contributed by atoms with Crippen molar-refractivity contribution >= 4 is 0 Å². The van der Waals surface area contributed by atoms with E-state index >= 15 is 0 Å². The van der Waals surface area contributed by atoms with E-state index in [9.17, 15) is 0 Å². The third kappa shape index (κ3) is 5.71. The monoisotopic (exact) mass is 255 g/mol. The summed E-state index contributed by atoms with van der Waals surface area (Å²) in [7, 11) is 0. The number of hydrogen-bond donors (Lipinski definition) is 1. The van der Waals surface area contributed by atoms with Crippen molar-refractivity contribution in [2.24, 2.45) is 11.3 Å². The number of nitrogens with one attached hydrogen (secondary N) is 1. The maximum atomic E-state index is 5.58. The average molecular weight is 255 g/mol. The van der Waals surface area contributed by atoms with E-state index in [1.165, 1.54) is 32.1 Å². The van der Waals surface area contributed by atoms with Gasteiger partial charge in [0, 0.05) is 19.2 Å². The van der Waals surface area contributed by atoms with Crippen molar-refractivity contribution < 1.29 is 4.74 Å². The first-order valence-corrected chi connectivity index (χ1v) is 7.78. The van der Waals surface area contributed by atoms with Gasteiger partial charge in [-0.05, 0) is 50.9 Å². The van der Waals surface area contributed by atoms with Gasteiger partial charge in [-0.15, -0.1) is 0 Å². The van der Waals surface area contributed by atoms with Crippen molar-refractivity contribution in [1.29, 1.82) is 0 Å². The molecule has 3 atom stereocenters. The minimum Gasteiger partial charge on any atom is -0.377 e. The highest BCUT2D eigenvalue weighted by Gasteiger charge is 2.27. The molecule has 0 aromatic heterocycles. The fourth-order valence-corrected chi connectivity index (χ4v) is 3.05. The van der Waals surface area contributed by atoms with Gasteiger partial charge >= 0.3 is 0 Å². The molecular formula is C16H33NO. The van der Waals surface area contributed by atoms with Crippen molar-refractivity contribution in [3.8, 4) is 0 Å². The van der Waals surface area contributed by atoms with Gasteiger partial charge < -0.3 is 10.1 Å². The molecule has 2 nitrogen and oxygen atoms in total. The second-order valence-corrected chi connectivity index (χ2v) is 6.94. The van der Waals surface area contributed by atoms with E-state index in [4.69, 9.17) is 4.74 Å². The smallest absolute Gasteiger partial charge is 0.0671 e. The van der Waals surface area contributed by atoms with Crippen LogP contribution in [0, 0.1) is 11.3 Å². The Kier molecular flexibility index (Phi) is 6.65. The molecule has 0 saturated heterocycles. The molecule has 1 N–H and O–H groups in total. The third-order valence-corrected chi connectivity index (χ3v) is 4.34. The van der Waals surface area contributed by atoms with Crippen LogP contribution in [0.25, 0.3) is 0 Å². The summed E-state index contributed by atoms with van der Waals surface area (Å²) in [5.74, 6) is 0.897. The van der Waals surface area contributed by atoms with E-state index in [1.54, 1.807) is 0 Å². The van der Waals surface area contributed by atoms with Crippen molar-refractivity contribution in [3.63, 3.8) is 0 Å². The minimum absolute atomic E-state index is 0.344. The summed E-state index contributed by atoms with van der Waals surface area (Å²) in [6, 6.07) is 0.709. The van der Waals surface area contributed by atoms with Crippen LogP contribution in [0.2, 0.25) is 0 Å². The lowest BCUT2D eigenvalue weighted by atomic mass is 9.76. The molecule has 108 valence electrons. The first-order chi connectivity index (χ1) is 8.43. The van der Waals surface area contributed by atoms with E-state index in [1.807, 2.05) is 0 Å². The van der Waals surface area contributed by atoms with E-state index < -0.39 is 0 Å². The minimum atomic E-state index is 0.344. The lowest BCUT2D eigenvalue weighted by molar-refractivity contribution is 0.0733. The van der Waals surface area contributed by atoms with Crippen molar-refractivity contribution in [2.45, 2.75) is 78.9 Å². The van der Waals surface area contributed by atoms with Crippen LogP contribution in [-0.2, 0) is 4.74 Å². The molecule has 1 rings (SSSR count). The van der Waals surface area contributed by atoms with Gasteiger partial charge in [0.25, 0.3) is 0 Å². The highest BCUT2D eigenvalue weighted by atomic mass is 16.5. The molecule has 0 aromatic carbocycles. The Morgan fingerprint density at radius 2 is 1.89 bits per heavy atom. The molecule has 1 saturated carbocycles. The molecule has 0 aliphatic heterocycles. The number of rotatable bonds is 5. The van der Waals surface area contributed by atoms with Gasteiger partial charge in [-0.25, -0.2) is 0 Å². The molecule has 0 radical (unpaired) electrons. The predicted molar refractivity (Wildman–Crippen MR) is 78.9 cm³/mol. The standard InChI is InChI=1S/C16H33NO/c1-6-18-13(2)12-17-15-9-7-8-14(10-11-15)16(3,4)5/h13-15,17H,6-12H2,1-5H3. The average Bonchev–Trinajstić information content (AvgIpc) is 2.51. The summed E-state index contributed by atoms with van der Waals surface area (Å²) in [5.41, 5.74) is 0.480.